The van der Waals surface area contributed by atoms with Gasteiger partial charge in [0.1, 0.15) is 6.04 Å². The Labute approximate surface area is 91.1 Å². The van der Waals surface area contributed by atoms with Gasteiger partial charge >= 0.3 is 5.97 Å². The standard InChI is InChI=1S/C10H12BrNO2/c11-6-8-3-1-7(2-4-8)5-9(12)10(13)14/h1-4,9H,5-6,12H2,(H,13,14)/t9-/m0/s1. The molecule has 0 aliphatic heterocycles. The highest BCUT2D eigenvalue weighted by atomic mass is 79.9. The zero-order chi connectivity index (χ0) is 10.6. The summed E-state index contributed by atoms with van der Waals surface area (Å²) < 4.78 is 0. The number of hydrogen-bond acceptors (Lipinski definition) is 2. The third-order valence-electron chi connectivity index (χ3n) is 1.95. The minimum absolute atomic E-state index is 0.373. The van der Waals surface area contributed by atoms with Crippen LogP contribution in [-0.2, 0) is 16.5 Å². The van der Waals surface area contributed by atoms with Gasteiger partial charge in [0, 0.05) is 5.33 Å². The molecule has 1 aromatic carbocycles. The first-order valence-electron chi connectivity index (χ1n) is 4.25. The molecule has 0 bridgehead atoms. The third kappa shape index (κ3) is 3.12. The lowest BCUT2D eigenvalue weighted by Crippen LogP contribution is -2.32. The largest absolute Gasteiger partial charge is 0.480 e. The minimum Gasteiger partial charge on any atom is -0.480 e. The fraction of sp³-hybridized carbons (Fsp3) is 0.300. The first-order chi connectivity index (χ1) is 6.63. The van der Waals surface area contributed by atoms with Gasteiger partial charge in [0.15, 0.2) is 0 Å². The van der Waals surface area contributed by atoms with Gasteiger partial charge in [-0.3, -0.25) is 4.79 Å². The highest BCUT2D eigenvalue weighted by Crippen LogP contribution is 2.09. The molecule has 0 amide bonds. The fourth-order valence-electron chi connectivity index (χ4n) is 1.11. The monoisotopic (exact) mass is 257 g/mol. The van der Waals surface area contributed by atoms with E-state index in [0.717, 1.165) is 16.5 Å². The van der Waals surface area contributed by atoms with Crippen molar-refractivity contribution in [2.45, 2.75) is 17.8 Å². The summed E-state index contributed by atoms with van der Waals surface area (Å²) in [4.78, 5) is 10.5. The zero-order valence-electron chi connectivity index (χ0n) is 7.61. The molecule has 4 heteroatoms. The van der Waals surface area contributed by atoms with Crippen molar-refractivity contribution < 1.29 is 9.90 Å². The zero-order valence-corrected chi connectivity index (χ0v) is 9.20. The molecule has 0 saturated heterocycles. The van der Waals surface area contributed by atoms with Crippen LogP contribution >= 0.6 is 15.9 Å². The molecule has 0 spiro atoms. The number of halogens is 1. The molecule has 1 rings (SSSR count). The van der Waals surface area contributed by atoms with Crippen molar-refractivity contribution >= 4 is 21.9 Å². The van der Waals surface area contributed by atoms with Crippen LogP contribution < -0.4 is 5.73 Å². The molecule has 0 heterocycles. The summed E-state index contributed by atoms with van der Waals surface area (Å²) >= 11 is 3.34. The summed E-state index contributed by atoms with van der Waals surface area (Å²) in [6, 6.07) is 6.90. The summed E-state index contributed by atoms with van der Waals surface area (Å²) in [5, 5.41) is 9.42. The lowest BCUT2D eigenvalue weighted by Gasteiger charge is -2.06. The van der Waals surface area contributed by atoms with Crippen LogP contribution in [0.4, 0.5) is 0 Å². The maximum atomic E-state index is 10.5. The van der Waals surface area contributed by atoms with Gasteiger partial charge in [-0.15, -0.1) is 0 Å². The van der Waals surface area contributed by atoms with E-state index in [9.17, 15) is 4.79 Å². The van der Waals surface area contributed by atoms with Gasteiger partial charge in [-0.25, -0.2) is 0 Å². The van der Waals surface area contributed by atoms with E-state index < -0.39 is 12.0 Å². The van der Waals surface area contributed by atoms with Crippen molar-refractivity contribution in [1.29, 1.82) is 0 Å². The summed E-state index contributed by atoms with van der Waals surface area (Å²) in [6.07, 6.45) is 0.373. The lowest BCUT2D eigenvalue weighted by molar-refractivity contribution is -0.138. The Hall–Kier alpha value is -0.870. The van der Waals surface area contributed by atoms with Crippen molar-refractivity contribution in [2.24, 2.45) is 5.73 Å². The second kappa shape index (κ2) is 5.12. The molecule has 3 N–H and O–H groups in total. The van der Waals surface area contributed by atoms with Gasteiger partial charge in [0.05, 0.1) is 0 Å². The predicted octanol–water partition coefficient (Wildman–Crippen LogP) is 1.54. The average molecular weight is 258 g/mol. The average Bonchev–Trinajstić information content (AvgIpc) is 2.19. The van der Waals surface area contributed by atoms with E-state index in [1.54, 1.807) is 0 Å². The van der Waals surface area contributed by atoms with Gasteiger partial charge in [-0.2, -0.15) is 0 Å². The Morgan fingerprint density at radius 1 is 1.36 bits per heavy atom. The van der Waals surface area contributed by atoms with E-state index in [0.29, 0.717) is 6.42 Å². The number of aliphatic carboxylic acids is 1. The second-order valence-electron chi connectivity index (χ2n) is 3.10. The van der Waals surface area contributed by atoms with Crippen molar-refractivity contribution in [1.82, 2.24) is 0 Å². The van der Waals surface area contributed by atoms with Crippen molar-refractivity contribution in [3.63, 3.8) is 0 Å². The molecule has 0 aromatic heterocycles. The molecule has 1 aromatic rings. The van der Waals surface area contributed by atoms with Crippen molar-refractivity contribution in [3.05, 3.63) is 35.4 Å². The molecule has 1 atom stereocenters. The number of rotatable bonds is 4. The van der Waals surface area contributed by atoms with Gasteiger partial charge in [0.25, 0.3) is 0 Å². The van der Waals surface area contributed by atoms with E-state index in [-0.39, 0.29) is 0 Å². The Bertz CT molecular complexity index is 310. The molecular formula is C10H12BrNO2. The van der Waals surface area contributed by atoms with Crippen LogP contribution in [0.2, 0.25) is 0 Å². The molecule has 3 nitrogen and oxygen atoms in total. The van der Waals surface area contributed by atoms with Gasteiger partial charge in [0.2, 0.25) is 0 Å². The molecule has 0 saturated carbocycles. The van der Waals surface area contributed by atoms with Gasteiger partial charge < -0.3 is 10.8 Å². The Kier molecular flexibility index (Phi) is 4.10. The maximum absolute atomic E-state index is 10.5. The Morgan fingerprint density at radius 2 is 1.86 bits per heavy atom. The number of hydrogen-bond donors (Lipinski definition) is 2. The van der Waals surface area contributed by atoms with Crippen LogP contribution in [0.15, 0.2) is 24.3 Å². The van der Waals surface area contributed by atoms with Crippen LogP contribution in [0.25, 0.3) is 0 Å². The topological polar surface area (TPSA) is 63.3 Å². The number of carboxylic acids is 1. The van der Waals surface area contributed by atoms with E-state index in [1.165, 1.54) is 0 Å². The van der Waals surface area contributed by atoms with E-state index in [1.807, 2.05) is 24.3 Å². The smallest absolute Gasteiger partial charge is 0.320 e. The third-order valence-corrected chi connectivity index (χ3v) is 2.60. The minimum atomic E-state index is -0.963. The van der Waals surface area contributed by atoms with Crippen LogP contribution in [0, 0.1) is 0 Å². The van der Waals surface area contributed by atoms with Crippen LogP contribution in [0.1, 0.15) is 11.1 Å². The summed E-state index contributed by atoms with van der Waals surface area (Å²) in [5.41, 5.74) is 7.52. The van der Waals surface area contributed by atoms with Crippen molar-refractivity contribution in [3.8, 4) is 0 Å². The quantitative estimate of drug-likeness (QED) is 0.805. The van der Waals surface area contributed by atoms with E-state index in [4.69, 9.17) is 10.8 Å². The number of carboxylic acid groups (broad SMARTS) is 1. The SMILES string of the molecule is N[C@@H](Cc1ccc(CBr)cc1)C(=O)O. The summed E-state index contributed by atoms with van der Waals surface area (Å²) in [5.74, 6) is -0.963. The van der Waals surface area contributed by atoms with Gasteiger partial charge in [-0.1, -0.05) is 40.2 Å². The first-order valence-corrected chi connectivity index (χ1v) is 5.38. The van der Waals surface area contributed by atoms with Crippen LogP contribution in [0.5, 0.6) is 0 Å². The molecule has 0 unspecified atom stereocenters. The molecule has 0 fully saturated rings. The Morgan fingerprint density at radius 3 is 2.29 bits per heavy atom. The van der Waals surface area contributed by atoms with E-state index in [2.05, 4.69) is 15.9 Å². The molecule has 76 valence electrons. The Balaban J connectivity index is 2.64. The highest BCUT2D eigenvalue weighted by Gasteiger charge is 2.11. The maximum Gasteiger partial charge on any atom is 0.320 e. The number of alkyl halides is 1. The van der Waals surface area contributed by atoms with Crippen molar-refractivity contribution in [2.75, 3.05) is 0 Å². The normalized spacial score (nSPS) is 12.4. The fourth-order valence-corrected chi connectivity index (χ4v) is 1.48. The highest BCUT2D eigenvalue weighted by molar-refractivity contribution is 9.08. The number of benzene rings is 1. The summed E-state index contributed by atoms with van der Waals surface area (Å²) in [7, 11) is 0. The number of carbonyl (C=O) groups is 1. The molecule has 0 aliphatic rings. The predicted molar refractivity (Wildman–Crippen MR) is 58.4 cm³/mol. The van der Waals surface area contributed by atoms with Gasteiger partial charge in [-0.05, 0) is 17.5 Å². The first kappa shape index (κ1) is 11.2. The lowest BCUT2D eigenvalue weighted by atomic mass is 10.1. The van der Waals surface area contributed by atoms with E-state index >= 15 is 0 Å². The molecule has 0 aliphatic carbocycles. The second-order valence-corrected chi connectivity index (χ2v) is 3.66. The summed E-state index contributed by atoms with van der Waals surface area (Å²) in [6.45, 7) is 0. The van der Waals surface area contributed by atoms with Crippen LogP contribution in [-0.4, -0.2) is 17.1 Å². The molecule has 0 radical (unpaired) electrons. The number of nitrogens with two attached hydrogens (primary N) is 1. The molecule has 14 heavy (non-hydrogen) atoms. The molecular weight excluding hydrogens is 246 g/mol. The van der Waals surface area contributed by atoms with Crippen LogP contribution in [0.3, 0.4) is 0 Å².